The summed E-state index contributed by atoms with van der Waals surface area (Å²) in [6.07, 6.45) is 0.598. The number of carbonyl (C=O) groups is 2. The summed E-state index contributed by atoms with van der Waals surface area (Å²) in [5.41, 5.74) is 5.49. The molecule has 0 unspecified atom stereocenters. The Labute approximate surface area is 201 Å². The van der Waals surface area contributed by atoms with Crippen molar-refractivity contribution in [1.29, 1.82) is 0 Å². The molecule has 5 rings (SSSR count). The van der Waals surface area contributed by atoms with E-state index in [-0.39, 0.29) is 11.7 Å². The van der Waals surface area contributed by atoms with Crippen LogP contribution in [-0.2, 0) is 14.3 Å². The molecule has 0 spiro atoms. The SMILES string of the molecule is COC(=O)[C@H]1C(=O)C2=C(CC1(C)C)Nc1ccc3ccccc3c1[C@H]2c1ccc(C(C)C)cc1. The van der Waals surface area contributed by atoms with Crippen LogP contribution >= 0.6 is 0 Å². The number of esters is 1. The quantitative estimate of drug-likeness (QED) is 0.360. The number of ether oxygens (including phenoxy) is 1. The van der Waals surface area contributed by atoms with Gasteiger partial charge in [0.2, 0.25) is 0 Å². The third kappa shape index (κ3) is 3.44. The van der Waals surface area contributed by atoms with Crippen LogP contribution in [0.2, 0.25) is 0 Å². The maximum absolute atomic E-state index is 14.1. The summed E-state index contributed by atoms with van der Waals surface area (Å²) < 4.78 is 5.10. The fourth-order valence-electron chi connectivity index (χ4n) is 5.71. The molecule has 0 aromatic heterocycles. The molecule has 2 aliphatic rings. The van der Waals surface area contributed by atoms with Gasteiger partial charge in [-0.2, -0.15) is 0 Å². The molecule has 1 N–H and O–H groups in total. The molecule has 2 atom stereocenters. The van der Waals surface area contributed by atoms with E-state index in [4.69, 9.17) is 4.74 Å². The van der Waals surface area contributed by atoms with Crippen molar-refractivity contribution in [2.24, 2.45) is 11.3 Å². The summed E-state index contributed by atoms with van der Waals surface area (Å²) >= 11 is 0. The Kier molecular flexibility index (Phi) is 5.35. The average Bonchev–Trinajstić information content (AvgIpc) is 2.81. The Morgan fingerprint density at radius 1 is 1.03 bits per heavy atom. The van der Waals surface area contributed by atoms with Crippen LogP contribution in [0.5, 0.6) is 0 Å². The zero-order valence-electron chi connectivity index (χ0n) is 20.4. The molecule has 0 radical (unpaired) electrons. The summed E-state index contributed by atoms with van der Waals surface area (Å²) in [4.78, 5) is 26.9. The molecule has 0 saturated carbocycles. The van der Waals surface area contributed by atoms with Crippen LogP contribution in [0.3, 0.4) is 0 Å². The largest absolute Gasteiger partial charge is 0.468 e. The van der Waals surface area contributed by atoms with Gasteiger partial charge in [0.1, 0.15) is 5.92 Å². The first-order chi connectivity index (χ1) is 16.2. The second-order valence-electron chi connectivity index (χ2n) is 10.5. The number of nitrogens with one attached hydrogen (secondary N) is 1. The highest BCUT2D eigenvalue weighted by molar-refractivity contribution is 6.13. The highest BCUT2D eigenvalue weighted by Gasteiger charge is 2.51. The number of allylic oxidation sites excluding steroid dienone is 2. The lowest BCUT2D eigenvalue weighted by molar-refractivity contribution is -0.154. The van der Waals surface area contributed by atoms with E-state index in [1.54, 1.807) is 0 Å². The molecule has 0 saturated heterocycles. The standard InChI is InChI=1S/C30H31NO3/c1-17(2)18-10-12-20(13-11-18)24-25-21-9-7-6-8-19(21)14-15-22(25)31-23-16-30(3,4)27(29(33)34-5)28(32)26(23)24/h6-15,17,24,27,31H,16H2,1-5H3/t24-,27-/m1/s1. The molecule has 0 bridgehead atoms. The summed E-state index contributed by atoms with van der Waals surface area (Å²) in [7, 11) is 1.36. The first kappa shape index (κ1) is 22.4. The minimum absolute atomic E-state index is 0.137. The molecular weight excluding hydrogens is 422 g/mol. The summed E-state index contributed by atoms with van der Waals surface area (Å²) in [5, 5.41) is 5.83. The van der Waals surface area contributed by atoms with Crippen molar-refractivity contribution in [3.63, 3.8) is 0 Å². The van der Waals surface area contributed by atoms with Crippen LogP contribution in [0.15, 0.2) is 71.9 Å². The average molecular weight is 454 g/mol. The molecule has 34 heavy (non-hydrogen) atoms. The van der Waals surface area contributed by atoms with E-state index in [1.807, 2.05) is 26.0 Å². The van der Waals surface area contributed by atoms with Crippen molar-refractivity contribution in [2.45, 2.75) is 46.0 Å². The van der Waals surface area contributed by atoms with Crippen LogP contribution in [0.25, 0.3) is 10.8 Å². The molecule has 1 aliphatic heterocycles. The van der Waals surface area contributed by atoms with Crippen LogP contribution in [0.4, 0.5) is 5.69 Å². The van der Waals surface area contributed by atoms with E-state index in [2.05, 4.69) is 67.7 Å². The molecule has 174 valence electrons. The third-order valence-corrected chi connectivity index (χ3v) is 7.47. The Morgan fingerprint density at radius 3 is 2.41 bits per heavy atom. The molecule has 0 amide bonds. The predicted molar refractivity (Wildman–Crippen MR) is 136 cm³/mol. The van der Waals surface area contributed by atoms with Gasteiger partial charge < -0.3 is 10.1 Å². The van der Waals surface area contributed by atoms with Gasteiger partial charge in [0.15, 0.2) is 5.78 Å². The fraction of sp³-hybridized carbons (Fsp3) is 0.333. The Morgan fingerprint density at radius 2 is 1.74 bits per heavy atom. The lowest BCUT2D eigenvalue weighted by atomic mass is 9.62. The highest BCUT2D eigenvalue weighted by atomic mass is 16.5. The molecule has 4 heteroatoms. The molecule has 3 aromatic carbocycles. The van der Waals surface area contributed by atoms with Gasteiger partial charge >= 0.3 is 5.97 Å². The molecule has 3 aromatic rings. The van der Waals surface area contributed by atoms with Crippen molar-refractivity contribution >= 4 is 28.2 Å². The van der Waals surface area contributed by atoms with Gasteiger partial charge in [-0.15, -0.1) is 0 Å². The van der Waals surface area contributed by atoms with E-state index in [1.165, 1.54) is 12.7 Å². The van der Waals surface area contributed by atoms with E-state index >= 15 is 0 Å². The first-order valence-electron chi connectivity index (χ1n) is 12.0. The number of ketones is 1. The molecular formula is C30H31NO3. The Balaban J connectivity index is 1.77. The molecule has 1 aliphatic carbocycles. The van der Waals surface area contributed by atoms with Gasteiger partial charge in [-0.3, -0.25) is 9.59 Å². The van der Waals surface area contributed by atoms with Crippen molar-refractivity contribution in [3.05, 3.63) is 88.6 Å². The number of rotatable bonds is 3. The van der Waals surface area contributed by atoms with Crippen molar-refractivity contribution in [3.8, 4) is 0 Å². The second kappa shape index (κ2) is 8.12. The number of carbonyl (C=O) groups excluding carboxylic acids is 2. The minimum atomic E-state index is -0.827. The number of hydrogen-bond donors (Lipinski definition) is 1. The van der Waals surface area contributed by atoms with Crippen molar-refractivity contribution in [1.82, 2.24) is 0 Å². The molecule has 0 fully saturated rings. The van der Waals surface area contributed by atoms with E-state index in [9.17, 15) is 9.59 Å². The number of benzene rings is 3. The van der Waals surface area contributed by atoms with E-state index in [0.717, 1.165) is 33.3 Å². The van der Waals surface area contributed by atoms with Gasteiger partial charge in [-0.1, -0.05) is 82.3 Å². The zero-order chi connectivity index (χ0) is 24.2. The van der Waals surface area contributed by atoms with Gasteiger partial charge in [-0.25, -0.2) is 0 Å². The normalized spacial score (nSPS) is 21.2. The topological polar surface area (TPSA) is 55.4 Å². The second-order valence-corrected chi connectivity index (χ2v) is 10.5. The van der Waals surface area contributed by atoms with Crippen LogP contribution in [0, 0.1) is 11.3 Å². The Hall–Kier alpha value is -3.40. The zero-order valence-corrected chi connectivity index (χ0v) is 20.4. The Bertz CT molecular complexity index is 1330. The number of Topliss-reactive ketones (excluding diaryl/α,β-unsaturated/α-hetero) is 1. The minimum Gasteiger partial charge on any atom is -0.468 e. The van der Waals surface area contributed by atoms with Gasteiger partial charge in [0.25, 0.3) is 0 Å². The molecule has 1 heterocycles. The maximum Gasteiger partial charge on any atom is 0.317 e. The fourth-order valence-corrected chi connectivity index (χ4v) is 5.71. The monoisotopic (exact) mass is 453 g/mol. The highest BCUT2D eigenvalue weighted by Crippen LogP contribution is 2.52. The van der Waals surface area contributed by atoms with Gasteiger partial charge in [-0.05, 0) is 51.3 Å². The van der Waals surface area contributed by atoms with Crippen molar-refractivity contribution < 1.29 is 14.3 Å². The predicted octanol–water partition coefficient (Wildman–Crippen LogP) is 6.56. The number of methoxy groups -OCH3 is 1. The molecule has 4 nitrogen and oxygen atoms in total. The number of fused-ring (bicyclic) bond motifs is 3. The van der Waals surface area contributed by atoms with Crippen LogP contribution in [-0.4, -0.2) is 18.9 Å². The lowest BCUT2D eigenvalue weighted by Gasteiger charge is -2.43. The van der Waals surface area contributed by atoms with Crippen LogP contribution in [0.1, 0.15) is 62.6 Å². The van der Waals surface area contributed by atoms with Crippen LogP contribution < -0.4 is 5.32 Å². The van der Waals surface area contributed by atoms with Crippen molar-refractivity contribution in [2.75, 3.05) is 12.4 Å². The summed E-state index contributed by atoms with van der Waals surface area (Å²) in [6.45, 7) is 8.30. The van der Waals surface area contributed by atoms with Gasteiger partial charge in [0.05, 0.1) is 7.11 Å². The maximum atomic E-state index is 14.1. The summed E-state index contributed by atoms with van der Waals surface area (Å²) in [6, 6.07) is 21.1. The van der Waals surface area contributed by atoms with Gasteiger partial charge in [0, 0.05) is 22.9 Å². The van der Waals surface area contributed by atoms with E-state index < -0.39 is 17.3 Å². The third-order valence-electron chi connectivity index (χ3n) is 7.47. The number of anilines is 1. The lowest BCUT2D eigenvalue weighted by Crippen LogP contribution is -2.45. The smallest absolute Gasteiger partial charge is 0.317 e. The number of hydrogen-bond acceptors (Lipinski definition) is 4. The van der Waals surface area contributed by atoms with E-state index in [0.29, 0.717) is 17.9 Å². The first-order valence-corrected chi connectivity index (χ1v) is 12.0. The summed E-state index contributed by atoms with van der Waals surface area (Å²) in [5.74, 6) is -1.26.